The van der Waals surface area contributed by atoms with E-state index in [1.165, 1.54) is 10.8 Å². The minimum Gasteiger partial charge on any atom is -0.407 e. The van der Waals surface area contributed by atoms with E-state index in [1.807, 2.05) is 0 Å². The average molecular weight is 206 g/mol. The molecule has 14 heavy (non-hydrogen) atoms. The van der Waals surface area contributed by atoms with Crippen molar-refractivity contribution < 1.29 is 4.43 Å². The molecule has 0 atom stereocenters. The Bertz CT molecular complexity index is 289. The van der Waals surface area contributed by atoms with Crippen LogP contribution < -0.4 is 5.19 Å². The van der Waals surface area contributed by atoms with Crippen LogP contribution in [-0.2, 0) is 10.8 Å². The third kappa shape index (κ3) is 3.64. The van der Waals surface area contributed by atoms with Gasteiger partial charge in [-0.1, -0.05) is 31.2 Å². The summed E-state index contributed by atoms with van der Waals surface area (Å²) >= 11 is 0. The molecule has 0 unspecified atom stereocenters. The quantitative estimate of drug-likeness (QED) is 0.690. The predicted octanol–water partition coefficient (Wildman–Crippen LogP) is 2.31. The van der Waals surface area contributed by atoms with Gasteiger partial charge in [0.2, 0.25) is 0 Å². The Hall–Kier alpha value is -0.603. The van der Waals surface area contributed by atoms with Gasteiger partial charge in [-0.3, -0.25) is 0 Å². The van der Waals surface area contributed by atoms with Gasteiger partial charge in [-0.15, -0.1) is 0 Å². The summed E-state index contributed by atoms with van der Waals surface area (Å²) in [5.41, 5.74) is 1.36. The highest BCUT2D eigenvalue weighted by molar-refractivity contribution is 6.47. The fraction of sp³-hybridized carbons (Fsp3) is 0.500. The minimum absolute atomic E-state index is 0.0424. The SMILES string of the molecule is CCc1ccccc1[Si]OC(C)(C)C. The van der Waals surface area contributed by atoms with E-state index in [4.69, 9.17) is 4.43 Å². The van der Waals surface area contributed by atoms with Crippen molar-refractivity contribution in [3.05, 3.63) is 29.8 Å². The summed E-state index contributed by atoms with van der Waals surface area (Å²) in [4.78, 5) is 0. The molecular formula is C12H18OSi. The highest BCUT2D eigenvalue weighted by Crippen LogP contribution is 2.05. The summed E-state index contributed by atoms with van der Waals surface area (Å²) in [5, 5.41) is 1.34. The largest absolute Gasteiger partial charge is 0.407 e. The Morgan fingerprint density at radius 1 is 1.21 bits per heavy atom. The molecule has 1 nitrogen and oxygen atoms in total. The van der Waals surface area contributed by atoms with Crippen molar-refractivity contribution in [3.8, 4) is 0 Å². The van der Waals surface area contributed by atoms with Gasteiger partial charge in [-0.2, -0.15) is 0 Å². The zero-order chi connectivity index (χ0) is 10.6. The second-order valence-corrected chi connectivity index (χ2v) is 5.27. The first-order valence-corrected chi connectivity index (χ1v) is 5.95. The van der Waals surface area contributed by atoms with Crippen LogP contribution >= 0.6 is 0 Å². The lowest BCUT2D eigenvalue weighted by Gasteiger charge is -2.19. The van der Waals surface area contributed by atoms with E-state index < -0.39 is 0 Å². The van der Waals surface area contributed by atoms with Gasteiger partial charge in [0, 0.05) is 5.60 Å². The smallest absolute Gasteiger partial charge is 0.269 e. The molecule has 2 heteroatoms. The Labute approximate surface area is 89.4 Å². The fourth-order valence-corrected chi connectivity index (χ4v) is 2.11. The molecule has 2 radical (unpaired) electrons. The van der Waals surface area contributed by atoms with Gasteiger partial charge < -0.3 is 4.43 Å². The second kappa shape index (κ2) is 4.76. The van der Waals surface area contributed by atoms with Crippen LogP contribution in [0.15, 0.2) is 24.3 Å². The zero-order valence-corrected chi connectivity index (χ0v) is 10.4. The van der Waals surface area contributed by atoms with Crippen LogP contribution in [-0.4, -0.2) is 15.4 Å². The number of aryl methyl sites for hydroxylation is 1. The lowest BCUT2D eigenvalue weighted by Crippen LogP contribution is -2.30. The maximum atomic E-state index is 5.79. The average Bonchev–Trinajstić information content (AvgIpc) is 2.14. The van der Waals surface area contributed by atoms with E-state index in [0.717, 1.165) is 6.42 Å². The normalized spacial score (nSPS) is 11.7. The van der Waals surface area contributed by atoms with Gasteiger partial charge >= 0.3 is 0 Å². The predicted molar refractivity (Wildman–Crippen MR) is 62.0 cm³/mol. The Morgan fingerprint density at radius 3 is 2.43 bits per heavy atom. The van der Waals surface area contributed by atoms with Crippen LogP contribution in [0.25, 0.3) is 0 Å². The van der Waals surface area contributed by atoms with Crippen LogP contribution in [0.1, 0.15) is 33.3 Å². The van der Waals surface area contributed by atoms with Gasteiger partial charge in [-0.05, 0) is 37.9 Å². The molecule has 1 aromatic carbocycles. The fourth-order valence-electron chi connectivity index (χ4n) is 1.14. The molecule has 0 aliphatic carbocycles. The second-order valence-electron chi connectivity index (χ2n) is 4.33. The van der Waals surface area contributed by atoms with Crippen LogP contribution in [0.3, 0.4) is 0 Å². The first kappa shape index (κ1) is 11.5. The van der Waals surface area contributed by atoms with Crippen molar-refractivity contribution in [3.63, 3.8) is 0 Å². The Kier molecular flexibility index (Phi) is 3.90. The molecule has 0 N–H and O–H groups in total. The van der Waals surface area contributed by atoms with Gasteiger partial charge in [0.25, 0.3) is 9.76 Å². The summed E-state index contributed by atoms with van der Waals surface area (Å²) < 4.78 is 5.79. The monoisotopic (exact) mass is 206 g/mol. The lowest BCUT2D eigenvalue weighted by molar-refractivity contribution is 0.142. The molecule has 0 saturated heterocycles. The first-order chi connectivity index (χ1) is 6.53. The van der Waals surface area contributed by atoms with Crippen molar-refractivity contribution >= 4 is 14.9 Å². The van der Waals surface area contributed by atoms with Crippen molar-refractivity contribution in [1.82, 2.24) is 0 Å². The number of hydrogen-bond donors (Lipinski definition) is 0. The summed E-state index contributed by atoms with van der Waals surface area (Å²) in [7, 11) is 0.462. The van der Waals surface area contributed by atoms with Gasteiger partial charge in [0.05, 0.1) is 0 Å². The molecular weight excluding hydrogens is 188 g/mol. The zero-order valence-electron chi connectivity index (χ0n) is 9.42. The molecule has 1 aromatic rings. The molecule has 76 valence electrons. The van der Waals surface area contributed by atoms with Crippen LogP contribution in [0.4, 0.5) is 0 Å². The van der Waals surface area contributed by atoms with Crippen LogP contribution in [0, 0.1) is 0 Å². The van der Waals surface area contributed by atoms with E-state index in [2.05, 4.69) is 52.0 Å². The number of rotatable bonds is 3. The molecule has 0 saturated carbocycles. The molecule has 0 aliphatic rings. The summed E-state index contributed by atoms with van der Waals surface area (Å²) in [6.45, 7) is 8.46. The van der Waals surface area contributed by atoms with Crippen molar-refractivity contribution in [2.45, 2.75) is 39.7 Å². The van der Waals surface area contributed by atoms with Crippen LogP contribution in [0.2, 0.25) is 0 Å². The third-order valence-electron chi connectivity index (χ3n) is 1.87. The highest BCUT2D eigenvalue weighted by Gasteiger charge is 2.12. The lowest BCUT2D eigenvalue weighted by atomic mass is 10.2. The van der Waals surface area contributed by atoms with Crippen molar-refractivity contribution in [2.24, 2.45) is 0 Å². The number of hydrogen-bond acceptors (Lipinski definition) is 1. The molecule has 0 amide bonds. The van der Waals surface area contributed by atoms with E-state index in [9.17, 15) is 0 Å². The molecule has 0 aromatic heterocycles. The maximum Gasteiger partial charge on any atom is 0.269 e. The summed E-state index contributed by atoms with van der Waals surface area (Å²) in [6.07, 6.45) is 1.08. The minimum atomic E-state index is -0.0424. The third-order valence-corrected chi connectivity index (χ3v) is 3.29. The van der Waals surface area contributed by atoms with Gasteiger partial charge in [0.1, 0.15) is 0 Å². The Balaban J connectivity index is 2.67. The highest BCUT2D eigenvalue weighted by atomic mass is 28.2. The van der Waals surface area contributed by atoms with Crippen LogP contribution in [0.5, 0.6) is 0 Å². The molecule has 0 aliphatic heterocycles. The topological polar surface area (TPSA) is 9.23 Å². The summed E-state index contributed by atoms with van der Waals surface area (Å²) in [6, 6.07) is 8.49. The summed E-state index contributed by atoms with van der Waals surface area (Å²) in [5.74, 6) is 0. The van der Waals surface area contributed by atoms with Crippen molar-refractivity contribution in [1.29, 1.82) is 0 Å². The van der Waals surface area contributed by atoms with Gasteiger partial charge in [-0.25, -0.2) is 0 Å². The first-order valence-electron chi connectivity index (χ1n) is 5.05. The molecule has 0 bridgehead atoms. The van der Waals surface area contributed by atoms with E-state index in [0.29, 0.717) is 9.76 Å². The standard InChI is InChI=1S/C12H18OSi/c1-5-10-8-6-7-9-11(10)14-13-12(2,3)4/h6-9H,5H2,1-4H3. The molecule has 0 spiro atoms. The number of benzene rings is 1. The molecule has 1 rings (SSSR count). The molecule has 0 heterocycles. The van der Waals surface area contributed by atoms with Crippen molar-refractivity contribution in [2.75, 3.05) is 0 Å². The van der Waals surface area contributed by atoms with E-state index in [-0.39, 0.29) is 5.60 Å². The van der Waals surface area contributed by atoms with Gasteiger partial charge in [0.15, 0.2) is 0 Å². The Morgan fingerprint density at radius 2 is 1.86 bits per heavy atom. The van der Waals surface area contributed by atoms with E-state index in [1.54, 1.807) is 0 Å². The van der Waals surface area contributed by atoms with E-state index >= 15 is 0 Å². The maximum absolute atomic E-state index is 5.79. The molecule has 0 fully saturated rings.